The van der Waals surface area contributed by atoms with Gasteiger partial charge in [0.1, 0.15) is 0 Å². The third kappa shape index (κ3) is 4.89. The first-order valence-corrected chi connectivity index (χ1v) is 9.09. The summed E-state index contributed by atoms with van der Waals surface area (Å²) in [5, 5.41) is 3.03. The number of pyridine rings is 1. The van der Waals surface area contributed by atoms with Crippen LogP contribution in [0.4, 0.5) is 0 Å². The number of amides is 1. The largest absolute Gasteiger partial charge is 0.348 e. The average molecular weight is 337 g/mol. The van der Waals surface area contributed by atoms with Gasteiger partial charge in [-0.1, -0.05) is 38.1 Å². The summed E-state index contributed by atoms with van der Waals surface area (Å²) in [6.07, 6.45) is 4.60. The third-order valence-electron chi connectivity index (χ3n) is 4.84. The number of hydrogen-bond acceptors (Lipinski definition) is 3. The molecular weight excluding hydrogens is 310 g/mol. The lowest BCUT2D eigenvalue weighted by Gasteiger charge is -2.35. The molecule has 0 aliphatic carbocycles. The highest BCUT2D eigenvalue weighted by Crippen LogP contribution is 2.23. The molecule has 1 N–H and O–H groups in total. The fraction of sp³-hybridized carbons (Fsp3) is 0.429. The van der Waals surface area contributed by atoms with E-state index in [9.17, 15) is 4.79 Å². The van der Waals surface area contributed by atoms with Crippen molar-refractivity contribution in [2.75, 3.05) is 13.1 Å². The maximum atomic E-state index is 12.3. The molecule has 0 bridgehead atoms. The van der Waals surface area contributed by atoms with Gasteiger partial charge in [-0.3, -0.25) is 14.7 Å². The first kappa shape index (κ1) is 17.6. The minimum atomic E-state index is -0.0579. The van der Waals surface area contributed by atoms with Crippen LogP contribution in [0.1, 0.15) is 41.8 Å². The van der Waals surface area contributed by atoms with E-state index < -0.39 is 0 Å². The van der Waals surface area contributed by atoms with Gasteiger partial charge in [0.25, 0.3) is 5.91 Å². The molecule has 1 saturated heterocycles. The number of likely N-dealkylation sites (tertiary alicyclic amines) is 1. The second-order valence-electron chi connectivity index (χ2n) is 7.33. The van der Waals surface area contributed by atoms with Crippen molar-refractivity contribution < 1.29 is 4.79 Å². The van der Waals surface area contributed by atoms with Gasteiger partial charge in [-0.15, -0.1) is 0 Å². The van der Waals surface area contributed by atoms with Gasteiger partial charge in [0.2, 0.25) is 0 Å². The van der Waals surface area contributed by atoms with Gasteiger partial charge >= 0.3 is 0 Å². The summed E-state index contributed by atoms with van der Waals surface area (Å²) in [5.74, 6) is 1.45. The number of nitrogens with one attached hydrogen (secondary N) is 1. The van der Waals surface area contributed by atoms with E-state index in [1.165, 1.54) is 17.5 Å². The van der Waals surface area contributed by atoms with Crippen molar-refractivity contribution in [1.29, 1.82) is 0 Å². The molecule has 4 nitrogen and oxygen atoms in total. The molecule has 1 fully saturated rings. The Labute approximate surface area is 150 Å². The highest BCUT2D eigenvalue weighted by atomic mass is 16.1. The highest BCUT2D eigenvalue weighted by Gasteiger charge is 2.22. The van der Waals surface area contributed by atoms with Gasteiger partial charge in [-0.2, -0.15) is 0 Å². The molecular formula is C21H27N3O. The maximum Gasteiger partial charge on any atom is 0.251 e. The van der Waals surface area contributed by atoms with Crippen LogP contribution in [0, 0.1) is 11.8 Å². The van der Waals surface area contributed by atoms with Gasteiger partial charge in [0.05, 0.1) is 0 Å². The molecule has 25 heavy (non-hydrogen) atoms. The minimum Gasteiger partial charge on any atom is -0.348 e. The number of carbonyl (C=O) groups is 1. The Morgan fingerprint density at radius 1 is 1.08 bits per heavy atom. The topological polar surface area (TPSA) is 45.2 Å². The van der Waals surface area contributed by atoms with Crippen LogP contribution in [0.3, 0.4) is 0 Å². The molecule has 0 radical (unpaired) electrons. The second-order valence-corrected chi connectivity index (χ2v) is 7.33. The summed E-state index contributed by atoms with van der Waals surface area (Å²) in [6, 6.07) is 11.9. The molecule has 4 heteroatoms. The minimum absolute atomic E-state index is 0.0579. The van der Waals surface area contributed by atoms with E-state index in [0.29, 0.717) is 12.1 Å². The van der Waals surface area contributed by atoms with Gasteiger partial charge in [0.15, 0.2) is 0 Å². The summed E-state index contributed by atoms with van der Waals surface area (Å²) in [6.45, 7) is 8.49. The second kappa shape index (κ2) is 8.26. The van der Waals surface area contributed by atoms with E-state index >= 15 is 0 Å². The van der Waals surface area contributed by atoms with Crippen LogP contribution in [0.25, 0.3) is 0 Å². The molecule has 2 atom stereocenters. The Hall–Kier alpha value is -2.20. The average Bonchev–Trinajstić information content (AvgIpc) is 2.60. The van der Waals surface area contributed by atoms with E-state index in [-0.39, 0.29) is 5.91 Å². The Morgan fingerprint density at radius 3 is 2.40 bits per heavy atom. The molecule has 0 saturated carbocycles. The highest BCUT2D eigenvalue weighted by molar-refractivity contribution is 5.93. The number of aromatic nitrogens is 1. The van der Waals surface area contributed by atoms with Gasteiger partial charge in [0, 0.05) is 44.1 Å². The van der Waals surface area contributed by atoms with Crippen molar-refractivity contribution in [3.63, 3.8) is 0 Å². The number of rotatable bonds is 5. The van der Waals surface area contributed by atoms with Crippen LogP contribution < -0.4 is 5.32 Å². The number of carbonyl (C=O) groups excluding carboxylic acids is 1. The summed E-state index contributed by atoms with van der Waals surface area (Å²) < 4.78 is 0. The summed E-state index contributed by atoms with van der Waals surface area (Å²) in [5.41, 5.74) is 3.14. The normalized spacial score (nSPS) is 21.0. The van der Waals surface area contributed by atoms with Crippen LogP contribution in [-0.2, 0) is 13.1 Å². The number of benzene rings is 1. The Kier molecular flexibility index (Phi) is 5.82. The summed E-state index contributed by atoms with van der Waals surface area (Å²) in [7, 11) is 0. The molecule has 0 unspecified atom stereocenters. The smallest absolute Gasteiger partial charge is 0.251 e. The molecule has 1 aliphatic rings. The molecule has 1 aromatic heterocycles. The van der Waals surface area contributed by atoms with Crippen molar-refractivity contribution in [2.24, 2.45) is 11.8 Å². The zero-order chi connectivity index (χ0) is 17.6. The van der Waals surface area contributed by atoms with Crippen molar-refractivity contribution >= 4 is 5.91 Å². The fourth-order valence-electron chi connectivity index (χ4n) is 3.83. The lowest BCUT2D eigenvalue weighted by molar-refractivity contribution is 0.0950. The van der Waals surface area contributed by atoms with Crippen molar-refractivity contribution in [3.8, 4) is 0 Å². The molecule has 1 amide bonds. The zero-order valence-electron chi connectivity index (χ0n) is 15.1. The lowest BCUT2D eigenvalue weighted by atomic mass is 9.91. The number of piperidine rings is 1. The van der Waals surface area contributed by atoms with E-state index in [4.69, 9.17) is 0 Å². The predicted molar refractivity (Wildman–Crippen MR) is 100 cm³/mol. The Bertz CT molecular complexity index is 691. The first-order chi connectivity index (χ1) is 12.1. The number of hydrogen-bond donors (Lipinski definition) is 1. The fourth-order valence-corrected chi connectivity index (χ4v) is 3.83. The van der Waals surface area contributed by atoms with E-state index in [0.717, 1.165) is 31.5 Å². The standard InChI is InChI=1S/C21H27N3O/c1-16-11-17(2)14-24(13-16)15-20-6-4-3-5-19(20)12-23-21(25)18-7-9-22-10-8-18/h3-10,16-17H,11-15H2,1-2H3,(H,23,25)/t16-,17-/m0/s1. The molecule has 0 spiro atoms. The molecule has 132 valence electrons. The van der Waals surface area contributed by atoms with E-state index in [1.807, 2.05) is 6.07 Å². The summed E-state index contributed by atoms with van der Waals surface area (Å²) >= 11 is 0. The summed E-state index contributed by atoms with van der Waals surface area (Å²) in [4.78, 5) is 18.8. The first-order valence-electron chi connectivity index (χ1n) is 9.09. The Balaban J connectivity index is 1.64. The maximum absolute atomic E-state index is 12.3. The van der Waals surface area contributed by atoms with Gasteiger partial charge in [-0.25, -0.2) is 0 Å². The molecule has 1 aromatic carbocycles. The monoisotopic (exact) mass is 337 g/mol. The van der Waals surface area contributed by atoms with Crippen LogP contribution in [0.2, 0.25) is 0 Å². The van der Waals surface area contributed by atoms with Crippen LogP contribution >= 0.6 is 0 Å². The molecule has 1 aliphatic heterocycles. The molecule has 3 rings (SSSR count). The number of nitrogens with zero attached hydrogens (tertiary/aromatic N) is 2. The van der Waals surface area contributed by atoms with Crippen molar-refractivity contribution in [3.05, 3.63) is 65.5 Å². The molecule has 2 heterocycles. The molecule has 2 aromatic rings. The van der Waals surface area contributed by atoms with Gasteiger partial charge < -0.3 is 5.32 Å². The predicted octanol–water partition coefficient (Wildman–Crippen LogP) is 3.49. The van der Waals surface area contributed by atoms with Crippen LogP contribution in [-0.4, -0.2) is 28.9 Å². The van der Waals surface area contributed by atoms with E-state index in [1.54, 1.807) is 24.5 Å². The third-order valence-corrected chi connectivity index (χ3v) is 4.84. The van der Waals surface area contributed by atoms with Crippen molar-refractivity contribution in [2.45, 2.75) is 33.4 Å². The zero-order valence-corrected chi connectivity index (χ0v) is 15.1. The van der Waals surface area contributed by atoms with Crippen LogP contribution in [0.5, 0.6) is 0 Å². The SMILES string of the molecule is C[C@H]1C[C@H](C)CN(Cc2ccccc2CNC(=O)c2ccncc2)C1. The lowest BCUT2D eigenvalue weighted by Crippen LogP contribution is -2.38. The van der Waals surface area contributed by atoms with Gasteiger partial charge in [-0.05, 0) is 41.5 Å². The van der Waals surface area contributed by atoms with E-state index in [2.05, 4.69) is 47.2 Å². The van der Waals surface area contributed by atoms with Crippen molar-refractivity contribution in [1.82, 2.24) is 15.2 Å². The van der Waals surface area contributed by atoms with Crippen LogP contribution in [0.15, 0.2) is 48.8 Å². The quantitative estimate of drug-likeness (QED) is 0.908. The Morgan fingerprint density at radius 2 is 1.72 bits per heavy atom.